The molecule has 0 fully saturated rings. The van der Waals surface area contributed by atoms with Gasteiger partial charge in [0.1, 0.15) is 0 Å². The Labute approximate surface area is 116 Å². The van der Waals surface area contributed by atoms with E-state index in [0.29, 0.717) is 25.4 Å². The van der Waals surface area contributed by atoms with Gasteiger partial charge in [-0.25, -0.2) is 8.78 Å². The molecular weight excluding hydrogens is 268 g/mol. The summed E-state index contributed by atoms with van der Waals surface area (Å²) in [5.74, 6) is -2.92. The van der Waals surface area contributed by atoms with Crippen LogP contribution in [-0.2, 0) is 5.92 Å². The molecular formula is C14H17F2NO3. The molecule has 0 atom stereocenters. The van der Waals surface area contributed by atoms with Crippen LogP contribution in [0.1, 0.15) is 29.3 Å². The van der Waals surface area contributed by atoms with Crippen LogP contribution in [0.3, 0.4) is 0 Å². The SMILES string of the molecule is CNCC(=O)c1cc2c(cc1C(C)(F)F)OCCCO2. The highest BCUT2D eigenvalue weighted by atomic mass is 19.3. The molecule has 20 heavy (non-hydrogen) atoms. The maximum Gasteiger partial charge on any atom is 0.271 e. The highest BCUT2D eigenvalue weighted by Crippen LogP contribution is 2.39. The average Bonchev–Trinajstić information content (AvgIpc) is 2.60. The molecule has 6 heteroatoms. The molecule has 1 aromatic rings. The summed E-state index contributed by atoms with van der Waals surface area (Å²) in [6, 6.07) is 2.57. The summed E-state index contributed by atoms with van der Waals surface area (Å²) in [6.45, 7) is 1.60. The quantitative estimate of drug-likeness (QED) is 0.863. The Hall–Kier alpha value is -1.69. The number of fused-ring (bicyclic) bond motifs is 1. The molecule has 0 spiro atoms. The van der Waals surface area contributed by atoms with Crippen molar-refractivity contribution in [3.8, 4) is 11.5 Å². The van der Waals surface area contributed by atoms with E-state index in [4.69, 9.17) is 9.47 Å². The van der Waals surface area contributed by atoms with Gasteiger partial charge in [0.15, 0.2) is 17.3 Å². The molecule has 1 aliphatic rings. The van der Waals surface area contributed by atoms with Crippen LogP contribution in [0.5, 0.6) is 11.5 Å². The van der Waals surface area contributed by atoms with Gasteiger partial charge in [0.25, 0.3) is 5.92 Å². The summed E-state index contributed by atoms with van der Waals surface area (Å²) in [6.07, 6.45) is 0.673. The van der Waals surface area contributed by atoms with Gasteiger partial charge in [-0.2, -0.15) is 0 Å². The molecule has 1 heterocycles. The van der Waals surface area contributed by atoms with Crippen LogP contribution in [0, 0.1) is 0 Å². The predicted octanol–water partition coefficient (Wildman–Crippen LogP) is 2.36. The fraction of sp³-hybridized carbons (Fsp3) is 0.500. The number of nitrogens with one attached hydrogen (secondary N) is 1. The van der Waals surface area contributed by atoms with Crippen molar-refractivity contribution in [1.29, 1.82) is 0 Å². The fourth-order valence-electron chi connectivity index (χ4n) is 2.06. The molecule has 0 radical (unpaired) electrons. The van der Waals surface area contributed by atoms with Crippen LogP contribution in [0.4, 0.5) is 8.78 Å². The predicted molar refractivity (Wildman–Crippen MR) is 69.9 cm³/mol. The number of Topliss-reactive ketones (excluding diaryl/α,β-unsaturated/α-hetero) is 1. The van der Waals surface area contributed by atoms with Crippen molar-refractivity contribution in [2.45, 2.75) is 19.3 Å². The number of hydrogen-bond acceptors (Lipinski definition) is 4. The third-order valence-electron chi connectivity index (χ3n) is 3.00. The molecule has 0 bridgehead atoms. The summed E-state index contributed by atoms with van der Waals surface area (Å²) in [5.41, 5.74) is -0.363. The van der Waals surface area contributed by atoms with Crippen molar-refractivity contribution in [1.82, 2.24) is 5.32 Å². The molecule has 1 aromatic carbocycles. The Morgan fingerprint density at radius 3 is 2.45 bits per heavy atom. The van der Waals surface area contributed by atoms with Crippen molar-refractivity contribution in [3.05, 3.63) is 23.3 Å². The Morgan fingerprint density at radius 2 is 1.90 bits per heavy atom. The minimum absolute atomic E-state index is 0.0112. The number of carbonyl (C=O) groups is 1. The zero-order valence-electron chi connectivity index (χ0n) is 11.5. The third-order valence-corrected chi connectivity index (χ3v) is 3.00. The molecule has 110 valence electrons. The molecule has 1 aliphatic heterocycles. The van der Waals surface area contributed by atoms with Crippen molar-refractivity contribution < 1.29 is 23.0 Å². The van der Waals surface area contributed by atoms with Crippen LogP contribution >= 0.6 is 0 Å². The molecule has 2 rings (SSSR count). The molecule has 0 saturated carbocycles. The second kappa shape index (κ2) is 5.75. The first-order chi connectivity index (χ1) is 9.43. The summed E-state index contributed by atoms with van der Waals surface area (Å²) >= 11 is 0. The highest BCUT2D eigenvalue weighted by molar-refractivity contribution is 6.00. The lowest BCUT2D eigenvalue weighted by Crippen LogP contribution is -2.22. The number of alkyl halides is 2. The Bertz CT molecular complexity index is 512. The van der Waals surface area contributed by atoms with Gasteiger partial charge in [0, 0.05) is 24.5 Å². The van der Waals surface area contributed by atoms with Crippen molar-refractivity contribution in [3.63, 3.8) is 0 Å². The van der Waals surface area contributed by atoms with E-state index in [1.54, 1.807) is 7.05 Å². The van der Waals surface area contributed by atoms with Crippen molar-refractivity contribution in [2.75, 3.05) is 26.8 Å². The lowest BCUT2D eigenvalue weighted by molar-refractivity contribution is 0.0162. The number of hydrogen-bond donors (Lipinski definition) is 1. The molecule has 0 aromatic heterocycles. The maximum atomic E-state index is 13.7. The van der Waals surface area contributed by atoms with Crippen LogP contribution in [0.15, 0.2) is 12.1 Å². The Kier molecular flexibility index (Phi) is 4.23. The van der Waals surface area contributed by atoms with Crippen LogP contribution < -0.4 is 14.8 Å². The summed E-state index contributed by atoms with van der Waals surface area (Å²) in [5, 5.41) is 2.67. The zero-order chi connectivity index (χ0) is 14.8. The van der Waals surface area contributed by atoms with E-state index in [-0.39, 0.29) is 23.4 Å². The third kappa shape index (κ3) is 3.07. The number of halogens is 2. The van der Waals surface area contributed by atoms with Gasteiger partial charge >= 0.3 is 0 Å². The highest BCUT2D eigenvalue weighted by Gasteiger charge is 2.32. The Morgan fingerprint density at radius 1 is 1.30 bits per heavy atom. The smallest absolute Gasteiger partial charge is 0.271 e. The molecule has 0 amide bonds. The maximum absolute atomic E-state index is 13.7. The van der Waals surface area contributed by atoms with Crippen LogP contribution in [0.2, 0.25) is 0 Å². The van der Waals surface area contributed by atoms with Gasteiger partial charge < -0.3 is 14.8 Å². The molecule has 1 N–H and O–H groups in total. The standard InChI is InChI=1S/C14H17F2NO3/c1-14(15,16)10-7-13-12(19-4-3-5-20-13)6-9(10)11(18)8-17-2/h6-7,17H,3-5,8H2,1-2H3. The van der Waals surface area contributed by atoms with E-state index >= 15 is 0 Å². The number of ether oxygens (including phenoxy) is 2. The normalized spacial score (nSPS) is 14.8. The van der Waals surface area contributed by atoms with Crippen LogP contribution in [0.25, 0.3) is 0 Å². The summed E-state index contributed by atoms with van der Waals surface area (Å²) in [7, 11) is 1.59. The Balaban J connectivity index is 2.52. The van der Waals surface area contributed by atoms with E-state index in [9.17, 15) is 13.6 Å². The van der Waals surface area contributed by atoms with Gasteiger partial charge in [0.2, 0.25) is 0 Å². The summed E-state index contributed by atoms with van der Waals surface area (Å²) in [4.78, 5) is 12.0. The number of likely N-dealkylation sites (N-methyl/N-ethyl adjacent to an activating group) is 1. The second-order valence-electron chi connectivity index (χ2n) is 4.74. The number of carbonyl (C=O) groups excluding carboxylic acids is 1. The second-order valence-corrected chi connectivity index (χ2v) is 4.74. The lowest BCUT2D eigenvalue weighted by Gasteiger charge is -2.18. The first kappa shape index (κ1) is 14.7. The van der Waals surface area contributed by atoms with Gasteiger partial charge in [-0.3, -0.25) is 4.79 Å². The molecule has 4 nitrogen and oxygen atoms in total. The minimum atomic E-state index is -3.12. The first-order valence-corrected chi connectivity index (χ1v) is 6.43. The molecule has 0 aliphatic carbocycles. The number of rotatable bonds is 4. The monoisotopic (exact) mass is 285 g/mol. The largest absolute Gasteiger partial charge is 0.490 e. The minimum Gasteiger partial charge on any atom is -0.490 e. The number of benzene rings is 1. The van der Waals surface area contributed by atoms with Crippen LogP contribution in [-0.4, -0.2) is 32.6 Å². The first-order valence-electron chi connectivity index (χ1n) is 6.43. The zero-order valence-corrected chi connectivity index (χ0v) is 11.5. The van der Waals surface area contributed by atoms with E-state index in [1.165, 1.54) is 12.1 Å². The lowest BCUT2D eigenvalue weighted by atomic mass is 9.98. The molecule has 0 saturated heterocycles. The fourth-order valence-corrected chi connectivity index (χ4v) is 2.06. The van der Waals surface area contributed by atoms with E-state index in [1.807, 2.05) is 0 Å². The van der Waals surface area contributed by atoms with E-state index in [0.717, 1.165) is 6.92 Å². The van der Waals surface area contributed by atoms with E-state index in [2.05, 4.69) is 5.32 Å². The topological polar surface area (TPSA) is 47.6 Å². The number of ketones is 1. The van der Waals surface area contributed by atoms with Gasteiger partial charge in [0.05, 0.1) is 19.8 Å². The average molecular weight is 285 g/mol. The van der Waals surface area contributed by atoms with Crippen molar-refractivity contribution in [2.24, 2.45) is 0 Å². The van der Waals surface area contributed by atoms with E-state index < -0.39 is 11.7 Å². The molecule has 0 unspecified atom stereocenters. The summed E-state index contributed by atoms with van der Waals surface area (Å²) < 4.78 is 38.3. The van der Waals surface area contributed by atoms with Crippen molar-refractivity contribution >= 4 is 5.78 Å². The van der Waals surface area contributed by atoms with Gasteiger partial charge in [-0.05, 0) is 19.2 Å². The van der Waals surface area contributed by atoms with Gasteiger partial charge in [-0.1, -0.05) is 0 Å². The van der Waals surface area contributed by atoms with Gasteiger partial charge in [-0.15, -0.1) is 0 Å².